The van der Waals surface area contributed by atoms with E-state index >= 15 is 0 Å². The van der Waals surface area contributed by atoms with E-state index < -0.39 is 0 Å². The molecule has 12 heavy (non-hydrogen) atoms. The fourth-order valence-corrected chi connectivity index (χ4v) is 1.16. The molecular formula is C8H8Cl2N2. The van der Waals surface area contributed by atoms with Gasteiger partial charge in [0.15, 0.2) is 0 Å². The van der Waals surface area contributed by atoms with Crippen LogP contribution in [-0.2, 0) is 0 Å². The van der Waals surface area contributed by atoms with Gasteiger partial charge in [-0.1, -0.05) is 29.3 Å². The number of rotatable bonds is 2. The number of aromatic nitrogens is 1. The lowest BCUT2D eigenvalue weighted by molar-refractivity contribution is 0.865. The van der Waals surface area contributed by atoms with Crippen molar-refractivity contribution in [1.82, 2.24) is 4.98 Å². The molecule has 1 atom stereocenters. The second kappa shape index (κ2) is 3.90. The predicted molar refractivity (Wildman–Crippen MR) is 51.4 cm³/mol. The van der Waals surface area contributed by atoms with Crippen LogP contribution in [0.2, 0.25) is 10.2 Å². The summed E-state index contributed by atoms with van der Waals surface area (Å²) in [6.45, 7) is 3.54. The molecule has 1 aromatic rings. The number of halogens is 2. The van der Waals surface area contributed by atoms with E-state index in [0.29, 0.717) is 15.9 Å². The number of hydrogen-bond donors (Lipinski definition) is 1. The van der Waals surface area contributed by atoms with Crippen molar-refractivity contribution in [2.75, 3.05) is 0 Å². The molecule has 1 heterocycles. The molecule has 0 aliphatic carbocycles. The van der Waals surface area contributed by atoms with E-state index in [1.54, 1.807) is 18.2 Å². The molecule has 0 fully saturated rings. The van der Waals surface area contributed by atoms with Gasteiger partial charge in [0.1, 0.15) is 5.15 Å². The Labute approximate surface area is 81.0 Å². The summed E-state index contributed by atoms with van der Waals surface area (Å²) in [6.07, 6.45) is 1.56. The van der Waals surface area contributed by atoms with Crippen molar-refractivity contribution in [3.05, 3.63) is 40.7 Å². The van der Waals surface area contributed by atoms with Crippen molar-refractivity contribution in [1.29, 1.82) is 0 Å². The highest BCUT2D eigenvalue weighted by atomic mass is 35.5. The maximum Gasteiger partial charge on any atom is 0.129 e. The van der Waals surface area contributed by atoms with Gasteiger partial charge in [-0.05, 0) is 12.1 Å². The van der Waals surface area contributed by atoms with Crippen LogP contribution in [0.3, 0.4) is 0 Å². The summed E-state index contributed by atoms with van der Waals surface area (Å²) in [4.78, 5) is 3.98. The lowest BCUT2D eigenvalue weighted by Gasteiger charge is -2.07. The van der Waals surface area contributed by atoms with E-state index in [1.807, 2.05) is 0 Å². The van der Waals surface area contributed by atoms with E-state index in [0.717, 1.165) is 0 Å². The Bertz CT molecular complexity index is 299. The molecule has 2 N–H and O–H groups in total. The van der Waals surface area contributed by atoms with E-state index in [2.05, 4.69) is 11.6 Å². The van der Waals surface area contributed by atoms with Gasteiger partial charge in [-0.15, -0.1) is 6.58 Å². The quantitative estimate of drug-likeness (QED) is 0.592. The second-order valence-corrected chi connectivity index (χ2v) is 3.06. The summed E-state index contributed by atoms with van der Waals surface area (Å²) in [7, 11) is 0. The Kier molecular flexibility index (Phi) is 3.09. The third-order valence-electron chi connectivity index (χ3n) is 1.41. The van der Waals surface area contributed by atoms with Crippen molar-refractivity contribution in [2.45, 2.75) is 6.04 Å². The monoisotopic (exact) mass is 202 g/mol. The highest BCUT2D eigenvalue weighted by molar-refractivity contribution is 6.32. The molecule has 0 aromatic carbocycles. The number of pyridine rings is 1. The molecule has 0 aliphatic heterocycles. The zero-order chi connectivity index (χ0) is 9.14. The van der Waals surface area contributed by atoms with Gasteiger partial charge in [-0.2, -0.15) is 0 Å². The van der Waals surface area contributed by atoms with E-state index in [1.165, 1.54) is 0 Å². The molecule has 1 unspecified atom stereocenters. The molecule has 0 bridgehead atoms. The van der Waals surface area contributed by atoms with Crippen LogP contribution in [0.1, 0.15) is 11.7 Å². The first-order valence-corrected chi connectivity index (χ1v) is 4.11. The van der Waals surface area contributed by atoms with Crippen LogP contribution in [0.15, 0.2) is 24.8 Å². The molecule has 0 radical (unpaired) electrons. The molecule has 4 heteroatoms. The van der Waals surface area contributed by atoms with Crippen molar-refractivity contribution >= 4 is 23.2 Å². The predicted octanol–water partition coefficient (Wildman–Crippen LogP) is 2.57. The molecule has 0 saturated heterocycles. The minimum Gasteiger partial charge on any atom is -0.319 e. The summed E-state index contributed by atoms with van der Waals surface area (Å²) < 4.78 is 0. The van der Waals surface area contributed by atoms with Gasteiger partial charge in [0, 0.05) is 0 Å². The van der Waals surface area contributed by atoms with Gasteiger partial charge in [-0.25, -0.2) is 4.98 Å². The average Bonchev–Trinajstić information content (AvgIpc) is 2.08. The van der Waals surface area contributed by atoms with Gasteiger partial charge in [-0.3, -0.25) is 0 Å². The number of nitrogens with two attached hydrogens (primary N) is 1. The fraction of sp³-hybridized carbons (Fsp3) is 0.125. The largest absolute Gasteiger partial charge is 0.319 e. The van der Waals surface area contributed by atoms with Gasteiger partial charge < -0.3 is 5.73 Å². The Hall–Kier alpha value is -0.570. The van der Waals surface area contributed by atoms with E-state index in [9.17, 15) is 0 Å². The fourth-order valence-electron chi connectivity index (χ4n) is 0.778. The van der Waals surface area contributed by atoms with Crippen LogP contribution in [0.25, 0.3) is 0 Å². The third kappa shape index (κ3) is 1.97. The molecule has 0 saturated carbocycles. The summed E-state index contributed by atoms with van der Waals surface area (Å²) in [5.74, 6) is 0. The van der Waals surface area contributed by atoms with Gasteiger partial charge in [0.25, 0.3) is 0 Å². The Morgan fingerprint density at radius 2 is 2.17 bits per heavy atom. The summed E-state index contributed by atoms with van der Waals surface area (Å²) >= 11 is 11.5. The van der Waals surface area contributed by atoms with Crippen LogP contribution in [0, 0.1) is 0 Å². The minimum atomic E-state index is -0.365. The summed E-state index contributed by atoms with van der Waals surface area (Å²) in [5, 5.41) is 0.888. The van der Waals surface area contributed by atoms with E-state index in [-0.39, 0.29) is 6.04 Å². The van der Waals surface area contributed by atoms with E-state index in [4.69, 9.17) is 28.9 Å². The topological polar surface area (TPSA) is 38.9 Å². The van der Waals surface area contributed by atoms with Crippen LogP contribution in [0.5, 0.6) is 0 Å². The first-order valence-electron chi connectivity index (χ1n) is 3.35. The zero-order valence-corrected chi connectivity index (χ0v) is 7.81. The lowest BCUT2D eigenvalue weighted by atomic mass is 10.2. The average molecular weight is 203 g/mol. The number of nitrogens with zero attached hydrogens (tertiary/aromatic N) is 1. The highest BCUT2D eigenvalue weighted by Gasteiger charge is 2.08. The Morgan fingerprint density at radius 1 is 1.50 bits per heavy atom. The standard InChI is InChI=1S/C8H8Cl2N2/c1-2-6(11)8-5(9)3-4-7(10)12-8/h2-4,6H,1,11H2. The molecule has 0 spiro atoms. The van der Waals surface area contributed by atoms with Gasteiger partial charge in [0.05, 0.1) is 16.8 Å². The van der Waals surface area contributed by atoms with Crippen LogP contribution in [-0.4, -0.2) is 4.98 Å². The molecule has 0 amide bonds. The Balaban J connectivity index is 3.12. The molecule has 1 aromatic heterocycles. The molecule has 64 valence electrons. The SMILES string of the molecule is C=CC(N)c1nc(Cl)ccc1Cl. The maximum atomic E-state index is 5.82. The van der Waals surface area contributed by atoms with Crippen LogP contribution < -0.4 is 5.73 Å². The molecular weight excluding hydrogens is 195 g/mol. The van der Waals surface area contributed by atoms with Crippen molar-refractivity contribution < 1.29 is 0 Å². The smallest absolute Gasteiger partial charge is 0.129 e. The van der Waals surface area contributed by atoms with Gasteiger partial charge >= 0.3 is 0 Å². The lowest BCUT2D eigenvalue weighted by Crippen LogP contribution is -2.09. The minimum absolute atomic E-state index is 0.365. The Morgan fingerprint density at radius 3 is 2.75 bits per heavy atom. The maximum absolute atomic E-state index is 5.82. The van der Waals surface area contributed by atoms with Crippen molar-refractivity contribution in [2.24, 2.45) is 5.73 Å². The molecule has 1 rings (SSSR count). The normalized spacial score (nSPS) is 12.6. The summed E-state index contributed by atoms with van der Waals surface area (Å²) in [6, 6.07) is 2.91. The van der Waals surface area contributed by atoms with Gasteiger partial charge in [0.2, 0.25) is 0 Å². The highest BCUT2D eigenvalue weighted by Crippen LogP contribution is 2.21. The van der Waals surface area contributed by atoms with Crippen molar-refractivity contribution in [3.8, 4) is 0 Å². The molecule has 2 nitrogen and oxygen atoms in total. The zero-order valence-electron chi connectivity index (χ0n) is 6.30. The van der Waals surface area contributed by atoms with Crippen molar-refractivity contribution in [3.63, 3.8) is 0 Å². The molecule has 0 aliphatic rings. The number of hydrogen-bond acceptors (Lipinski definition) is 2. The van der Waals surface area contributed by atoms with Crippen LogP contribution in [0.4, 0.5) is 0 Å². The van der Waals surface area contributed by atoms with Crippen LogP contribution >= 0.6 is 23.2 Å². The first kappa shape index (κ1) is 9.52. The first-order chi connectivity index (χ1) is 5.65. The second-order valence-electron chi connectivity index (χ2n) is 2.26. The third-order valence-corrected chi connectivity index (χ3v) is 1.94. The summed E-state index contributed by atoms with van der Waals surface area (Å²) in [5.41, 5.74) is 6.20.